The van der Waals surface area contributed by atoms with E-state index in [-0.39, 0.29) is 0 Å². The van der Waals surface area contributed by atoms with E-state index in [0.29, 0.717) is 11.6 Å². The number of hydrogen-bond acceptors (Lipinski definition) is 2. The van der Waals surface area contributed by atoms with E-state index in [2.05, 4.69) is 11.1 Å². The lowest BCUT2D eigenvalue weighted by Crippen LogP contribution is -1.93. The monoisotopic (exact) mass is 158 g/mol. The zero-order valence-corrected chi connectivity index (χ0v) is 7.04. The van der Waals surface area contributed by atoms with Crippen LogP contribution in [0.3, 0.4) is 0 Å². The van der Waals surface area contributed by atoms with Gasteiger partial charge in [-0.15, -0.1) is 0 Å². The number of nitrogens with zero attached hydrogens (tertiary/aromatic N) is 2. The molecule has 0 unspecified atom stereocenters. The predicted molar refractivity (Wildman–Crippen MR) is 45.7 cm³/mol. The average Bonchev–Trinajstić information content (AvgIpc) is 2.87. The molecule has 2 rings (SSSR count). The first kappa shape index (κ1) is 7.30. The van der Waals surface area contributed by atoms with Gasteiger partial charge in [-0.1, -0.05) is 6.07 Å². The van der Waals surface area contributed by atoms with Crippen LogP contribution in [0.2, 0.25) is 0 Å². The molecule has 1 aliphatic carbocycles. The molecule has 0 aromatic carbocycles. The number of rotatable bonds is 1. The Bertz CT molecular complexity index is 345. The number of aryl methyl sites for hydroxylation is 1. The predicted octanol–water partition coefficient (Wildman–Crippen LogP) is 2.14. The molecule has 1 aliphatic rings. The molecule has 0 bridgehead atoms. The quantitative estimate of drug-likeness (QED) is 0.627. The van der Waals surface area contributed by atoms with Gasteiger partial charge in [0.05, 0.1) is 0 Å². The third-order valence-corrected chi connectivity index (χ3v) is 2.19. The molecule has 1 aromatic heterocycles. The van der Waals surface area contributed by atoms with Crippen LogP contribution in [0, 0.1) is 18.3 Å². The van der Waals surface area contributed by atoms with E-state index in [1.165, 1.54) is 12.8 Å². The Morgan fingerprint density at radius 3 is 2.83 bits per heavy atom. The Balaban J connectivity index is 2.47. The van der Waals surface area contributed by atoms with E-state index >= 15 is 0 Å². The van der Waals surface area contributed by atoms with Gasteiger partial charge in [0.25, 0.3) is 0 Å². The molecule has 0 atom stereocenters. The fourth-order valence-corrected chi connectivity index (χ4v) is 1.38. The highest BCUT2D eigenvalue weighted by Crippen LogP contribution is 2.40. The lowest BCUT2D eigenvalue weighted by molar-refractivity contribution is 1.04. The average molecular weight is 158 g/mol. The van der Waals surface area contributed by atoms with Crippen molar-refractivity contribution in [2.45, 2.75) is 25.7 Å². The SMILES string of the molecule is Cc1ccc(C2CC2)c(C#N)n1. The zero-order valence-electron chi connectivity index (χ0n) is 7.04. The highest BCUT2D eigenvalue weighted by Gasteiger charge is 2.26. The fraction of sp³-hybridized carbons (Fsp3) is 0.400. The summed E-state index contributed by atoms with van der Waals surface area (Å²) in [4.78, 5) is 4.19. The van der Waals surface area contributed by atoms with Gasteiger partial charge in [-0.25, -0.2) is 4.98 Å². The fourth-order valence-electron chi connectivity index (χ4n) is 1.38. The van der Waals surface area contributed by atoms with Gasteiger partial charge in [-0.3, -0.25) is 0 Å². The third kappa shape index (κ3) is 1.18. The van der Waals surface area contributed by atoms with E-state index in [0.717, 1.165) is 11.3 Å². The summed E-state index contributed by atoms with van der Waals surface area (Å²) in [6.45, 7) is 1.91. The van der Waals surface area contributed by atoms with Gasteiger partial charge >= 0.3 is 0 Å². The first-order valence-electron chi connectivity index (χ1n) is 4.19. The van der Waals surface area contributed by atoms with Crippen molar-refractivity contribution >= 4 is 0 Å². The molecule has 2 nitrogen and oxygen atoms in total. The molecule has 0 aliphatic heterocycles. The third-order valence-electron chi connectivity index (χ3n) is 2.19. The van der Waals surface area contributed by atoms with Crippen molar-refractivity contribution in [1.29, 1.82) is 5.26 Å². The van der Waals surface area contributed by atoms with Crippen LogP contribution in [0.25, 0.3) is 0 Å². The van der Waals surface area contributed by atoms with Crippen LogP contribution in [0.5, 0.6) is 0 Å². The van der Waals surface area contributed by atoms with Crippen LogP contribution in [0.15, 0.2) is 12.1 Å². The molecule has 0 radical (unpaired) electrons. The Hall–Kier alpha value is -1.36. The Morgan fingerprint density at radius 2 is 2.25 bits per heavy atom. The molecule has 0 N–H and O–H groups in total. The molecule has 0 amide bonds. The second-order valence-electron chi connectivity index (χ2n) is 3.28. The van der Waals surface area contributed by atoms with Crippen LogP contribution < -0.4 is 0 Å². The smallest absolute Gasteiger partial charge is 0.144 e. The number of nitriles is 1. The summed E-state index contributed by atoms with van der Waals surface area (Å²) in [7, 11) is 0. The minimum Gasteiger partial charge on any atom is -0.242 e. The molecule has 1 fully saturated rings. The van der Waals surface area contributed by atoms with Gasteiger partial charge in [-0.2, -0.15) is 5.26 Å². The van der Waals surface area contributed by atoms with Crippen molar-refractivity contribution in [3.8, 4) is 6.07 Å². The van der Waals surface area contributed by atoms with E-state index in [1.807, 2.05) is 19.1 Å². The van der Waals surface area contributed by atoms with Crippen LogP contribution in [0.4, 0.5) is 0 Å². The zero-order chi connectivity index (χ0) is 8.55. The maximum Gasteiger partial charge on any atom is 0.144 e. The van der Waals surface area contributed by atoms with E-state index in [4.69, 9.17) is 5.26 Å². The van der Waals surface area contributed by atoms with Gasteiger partial charge in [0.1, 0.15) is 11.8 Å². The molecular formula is C10H10N2. The van der Waals surface area contributed by atoms with E-state index in [9.17, 15) is 0 Å². The normalized spacial score (nSPS) is 15.7. The van der Waals surface area contributed by atoms with Crippen LogP contribution >= 0.6 is 0 Å². The van der Waals surface area contributed by atoms with Gasteiger partial charge in [0.15, 0.2) is 0 Å². The first-order valence-corrected chi connectivity index (χ1v) is 4.19. The van der Waals surface area contributed by atoms with Crippen molar-refractivity contribution < 1.29 is 0 Å². The Morgan fingerprint density at radius 1 is 1.50 bits per heavy atom. The minimum atomic E-state index is 0.618. The molecule has 1 heterocycles. The standard InChI is InChI=1S/C10H10N2/c1-7-2-5-9(8-3-4-8)10(6-11)12-7/h2,5,8H,3-4H2,1H3. The van der Waals surface area contributed by atoms with Crippen LogP contribution in [-0.2, 0) is 0 Å². The number of hydrogen-bond donors (Lipinski definition) is 0. The Labute approximate surface area is 71.9 Å². The molecule has 1 aromatic rings. The van der Waals surface area contributed by atoms with Gasteiger partial charge in [0, 0.05) is 5.69 Å². The van der Waals surface area contributed by atoms with Gasteiger partial charge < -0.3 is 0 Å². The van der Waals surface area contributed by atoms with Crippen molar-refractivity contribution in [3.63, 3.8) is 0 Å². The number of aromatic nitrogens is 1. The van der Waals surface area contributed by atoms with Crippen molar-refractivity contribution in [3.05, 3.63) is 29.1 Å². The lowest BCUT2D eigenvalue weighted by atomic mass is 10.1. The topological polar surface area (TPSA) is 36.7 Å². The summed E-state index contributed by atoms with van der Waals surface area (Å²) in [6, 6.07) is 6.17. The molecule has 0 saturated heterocycles. The maximum absolute atomic E-state index is 8.81. The van der Waals surface area contributed by atoms with E-state index < -0.39 is 0 Å². The van der Waals surface area contributed by atoms with Gasteiger partial charge in [-0.05, 0) is 37.3 Å². The Kier molecular flexibility index (Phi) is 1.58. The highest BCUT2D eigenvalue weighted by molar-refractivity contribution is 5.37. The summed E-state index contributed by atoms with van der Waals surface area (Å²) in [5.41, 5.74) is 2.69. The summed E-state index contributed by atoms with van der Waals surface area (Å²) in [5.74, 6) is 0.618. The lowest BCUT2D eigenvalue weighted by Gasteiger charge is -2.00. The van der Waals surface area contributed by atoms with Crippen molar-refractivity contribution in [2.75, 3.05) is 0 Å². The van der Waals surface area contributed by atoms with Crippen molar-refractivity contribution in [2.24, 2.45) is 0 Å². The maximum atomic E-state index is 8.81. The number of pyridine rings is 1. The second kappa shape index (κ2) is 2.60. The van der Waals surface area contributed by atoms with Gasteiger partial charge in [0.2, 0.25) is 0 Å². The molecule has 2 heteroatoms. The molecular weight excluding hydrogens is 148 g/mol. The summed E-state index contributed by atoms with van der Waals surface area (Å²) >= 11 is 0. The molecule has 1 saturated carbocycles. The molecule has 0 spiro atoms. The first-order chi connectivity index (χ1) is 5.81. The second-order valence-corrected chi connectivity index (χ2v) is 3.28. The molecule has 60 valence electrons. The van der Waals surface area contributed by atoms with Crippen LogP contribution in [0.1, 0.15) is 35.7 Å². The summed E-state index contributed by atoms with van der Waals surface area (Å²) in [5, 5.41) is 8.81. The summed E-state index contributed by atoms with van der Waals surface area (Å²) < 4.78 is 0. The minimum absolute atomic E-state index is 0.618. The van der Waals surface area contributed by atoms with Crippen molar-refractivity contribution in [1.82, 2.24) is 4.98 Å². The summed E-state index contributed by atoms with van der Waals surface area (Å²) in [6.07, 6.45) is 2.44. The van der Waals surface area contributed by atoms with Crippen LogP contribution in [-0.4, -0.2) is 4.98 Å². The molecule has 12 heavy (non-hydrogen) atoms. The van der Waals surface area contributed by atoms with E-state index in [1.54, 1.807) is 0 Å². The highest BCUT2D eigenvalue weighted by atomic mass is 14.7. The largest absolute Gasteiger partial charge is 0.242 e.